The van der Waals surface area contributed by atoms with Gasteiger partial charge in [0.05, 0.1) is 18.2 Å². The number of amides is 1. The van der Waals surface area contributed by atoms with Crippen LogP contribution in [0.3, 0.4) is 0 Å². The summed E-state index contributed by atoms with van der Waals surface area (Å²) in [6, 6.07) is 2.49. The molecule has 136 valence electrons. The summed E-state index contributed by atoms with van der Waals surface area (Å²) in [6.45, 7) is 1.47. The van der Waals surface area contributed by atoms with Gasteiger partial charge in [0.15, 0.2) is 0 Å². The molecule has 2 aromatic rings. The second-order valence-corrected chi connectivity index (χ2v) is 7.03. The van der Waals surface area contributed by atoms with Gasteiger partial charge in [0.1, 0.15) is 5.69 Å². The average molecular weight is 354 g/mol. The Balaban J connectivity index is 1.23. The molecule has 1 aliphatic carbocycles. The van der Waals surface area contributed by atoms with E-state index in [9.17, 15) is 9.59 Å². The summed E-state index contributed by atoms with van der Waals surface area (Å²) < 4.78 is 0. The topological polar surface area (TPSA) is 104 Å². The fraction of sp³-hybridized carbons (Fsp3) is 0.500. The minimum Gasteiger partial charge on any atom is -0.337 e. The van der Waals surface area contributed by atoms with Crippen LogP contribution < -0.4 is 10.9 Å². The summed E-state index contributed by atoms with van der Waals surface area (Å²) in [7, 11) is 0. The van der Waals surface area contributed by atoms with Crippen molar-refractivity contribution in [1.29, 1.82) is 0 Å². The Hall–Kier alpha value is -2.61. The van der Waals surface area contributed by atoms with Gasteiger partial charge < -0.3 is 15.2 Å². The van der Waals surface area contributed by atoms with Crippen molar-refractivity contribution in [3.63, 3.8) is 0 Å². The molecule has 1 aliphatic heterocycles. The molecule has 4 rings (SSSR count). The lowest BCUT2D eigenvalue weighted by atomic mass is 9.77. The van der Waals surface area contributed by atoms with Gasteiger partial charge in [0.25, 0.3) is 11.5 Å². The maximum Gasteiger partial charge on any atom is 0.274 e. The van der Waals surface area contributed by atoms with Crippen LogP contribution in [0, 0.1) is 0 Å². The molecule has 0 spiro atoms. The van der Waals surface area contributed by atoms with E-state index in [1.807, 2.05) is 4.90 Å². The van der Waals surface area contributed by atoms with E-state index in [-0.39, 0.29) is 11.5 Å². The molecule has 0 unspecified atom stereocenters. The third-order valence-electron chi connectivity index (χ3n) is 5.29. The van der Waals surface area contributed by atoms with Crippen LogP contribution in [0.2, 0.25) is 0 Å². The van der Waals surface area contributed by atoms with Crippen molar-refractivity contribution in [2.75, 3.05) is 13.1 Å². The normalized spacial score (nSPS) is 23.5. The van der Waals surface area contributed by atoms with E-state index in [2.05, 4.69) is 25.3 Å². The number of H-pyrrole nitrogens is 1. The van der Waals surface area contributed by atoms with Crippen LogP contribution in [-0.2, 0) is 0 Å². The smallest absolute Gasteiger partial charge is 0.274 e. The van der Waals surface area contributed by atoms with E-state index < -0.39 is 0 Å². The van der Waals surface area contributed by atoms with Gasteiger partial charge in [-0.3, -0.25) is 14.6 Å². The number of carbonyl (C=O) groups excluding carboxylic acids is 1. The lowest BCUT2D eigenvalue weighted by Crippen LogP contribution is -2.51. The number of aromatic amines is 1. The molecule has 2 aliphatic rings. The molecule has 2 fully saturated rings. The maximum atomic E-state index is 12.4. The summed E-state index contributed by atoms with van der Waals surface area (Å²) in [5, 5.41) is 3.69. The number of nitrogens with one attached hydrogen (secondary N) is 2. The Morgan fingerprint density at radius 1 is 1.15 bits per heavy atom. The van der Waals surface area contributed by atoms with Gasteiger partial charge in [-0.15, -0.1) is 0 Å². The molecule has 0 atom stereocenters. The molecule has 0 radical (unpaired) electrons. The maximum absolute atomic E-state index is 12.4. The quantitative estimate of drug-likeness (QED) is 0.838. The van der Waals surface area contributed by atoms with Crippen molar-refractivity contribution in [3.05, 3.63) is 52.7 Å². The molecule has 1 saturated carbocycles. The van der Waals surface area contributed by atoms with E-state index in [1.54, 1.807) is 18.5 Å². The zero-order valence-electron chi connectivity index (χ0n) is 14.5. The summed E-state index contributed by atoms with van der Waals surface area (Å²) >= 11 is 0. The minimum absolute atomic E-state index is 0.0411. The predicted octanol–water partition coefficient (Wildman–Crippen LogP) is 0.700. The monoisotopic (exact) mass is 354 g/mol. The first kappa shape index (κ1) is 16.8. The zero-order valence-corrected chi connectivity index (χ0v) is 14.5. The molecule has 3 heterocycles. The van der Waals surface area contributed by atoms with Crippen molar-refractivity contribution in [3.8, 4) is 0 Å². The Kier molecular flexibility index (Phi) is 4.75. The van der Waals surface area contributed by atoms with Gasteiger partial charge in [-0.05, 0) is 25.7 Å². The highest BCUT2D eigenvalue weighted by molar-refractivity contribution is 5.92. The molecular formula is C18H22N6O2. The molecular weight excluding hydrogens is 332 g/mol. The minimum atomic E-state index is -0.0912. The second kappa shape index (κ2) is 7.33. The standard InChI is InChI=1S/C18H22N6O2/c25-17-9-15(21-11-22-17)12-7-14(8-12)23-13-1-5-24(6-2-13)18(26)16-10-19-3-4-20-16/h3-4,9-14,23H,1-2,5-8H2,(H,21,22,25). The summed E-state index contributed by atoms with van der Waals surface area (Å²) in [5.74, 6) is 0.328. The number of nitrogens with zero attached hydrogens (tertiary/aromatic N) is 4. The number of carbonyl (C=O) groups is 1. The lowest BCUT2D eigenvalue weighted by Gasteiger charge is -2.40. The number of hydrogen-bond donors (Lipinski definition) is 2. The van der Waals surface area contributed by atoms with Crippen LogP contribution in [0.15, 0.2) is 35.8 Å². The Labute approximate surface area is 151 Å². The zero-order chi connectivity index (χ0) is 17.9. The molecule has 1 amide bonds. The second-order valence-electron chi connectivity index (χ2n) is 7.03. The van der Waals surface area contributed by atoms with E-state index in [0.29, 0.717) is 23.7 Å². The molecule has 8 heteroatoms. The van der Waals surface area contributed by atoms with Gasteiger partial charge >= 0.3 is 0 Å². The summed E-state index contributed by atoms with van der Waals surface area (Å²) in [4.78, 5) is 40.5. The molecule has 26 heavy (non-hydrogen) atoms. The third kappa shape index (κ3) is 3.65. The Morgan fingerprint density at radius 3 is 2.65 bits per heavy atom. The van der Waals surface area contributed by atoms with Crippen LogP contribution in [0.5, 0.6) is 0 Å². The lowest BCUT2D eigenvalue weighted by molar-refractivity contribution is 0.0688. The molecule has 0 aromatic carbocycles. The largest absolute Gasteiger partial charge is 0.337 e. The fourth-order valence-corrected chi connectivity index (χ4v) is 3.76. The molecule has 1 saturated heterocycles. The fourth-order valence-electron chi connectivity index (χ4n) is 3.76. The van der Waals surface area contributed by atoms with Crippen LogP contribution in [0.25, 0.3) is 0 Å². The van der Waals surface area contributed by atoms with Gasteiger partial charge in [-0.2, -0.15) is 0 Å². The highest BCUT2D eigenvalue weighted by atomic mass is 16.2. The van der Waals surface area contributed by atoms with Crippen LogP contribution in [0.4, 0.5) is 0 Å². The average Bonchev–Trinajstić information content (AvgIpc) is 2.65. The number of likely N-dealkylation sites (tertiary alicyclic amines) is 1. The van der Waals surface area contributed by atoms with Crippen LogP contribution >= 0.6 is 0 Å². The first-order chi connectivity index (χ1) is 12.7. The molecule has 0 bridgehead atoms. The van der Waals surface area contributed by atoms with Crippen molar-refractivity contribution in [2.24, 2.45) is 0 Å². The number of hydrogen-bond acceptors (Lipinski definition) is 6. The predicted molar refractivity (Wildman–Crippen MR) is 94.7 cm³/mol. The SMILES string of the molecule is O=C(c1cnccn1)N1CCC(NC2CC(c3cc(=O)[nH]cn3)C2)CC1. The highest BCUT2D eigenvalue weighted by Gasteiger charge is 2.34. The Morgan fingerprint density at radius 2 is 1.96 bits per heavy atom. The first-order valence-corrected chi connectivity index (χ1v) is 9.05. The first-order valence-electron chi connectivity index (χ1n) is 9.05. The van der Waals surface area contributed by atoms with Crippen molar-refractivity contribution < 1.29 is 4.79 Å². The van der Waals surface area contributed by atoms with Crippen LogP contribution in [0.1, 0.15) is 47.8 Å². The number of aromatic nitrogens is 4. The van der Waals surface area contributed by atoms with Gasteiger partial charge in [-0.25, -0.2) is 9.97 Å². The van der Waals surface area contributed by atoms with E-state index in [1.165, 1.54) is 12.5 Å². The van der Waals surface area contributed by atoms with E-state index in [4.69, 9.17) is 0 Å². The van der Waals surface area contributed by atoms with Crippen molar-refractivity contribution in [2.45, 2.75) is 43.7 Å². The number of rotatable bonds is 4. The van der Waals surface area contributed by atoms with Gasteiger partial charge in [0.2, 0.25) is 0 Å². The van der Waals surface area contributed by atoms with Gasteiger partial charge in [0, 0.05) is 49.6 Å². The molecule has 2 aromatic heterocycles. The third-order valence-corrected chi connectivity index (χ3v) is 5.29. The van der Waals surface area contributed by atoms with Gasteiger partial charge in [-0.1, -0.05) is 0 Å². The van der Waals surface area contributed by atoms with E-state index >= 15 is 0 Å². The molecule has 8 nitrogen and oxygen atoms in total. The Bertz CT molecular complexity index is 810. The number of piperidine rings is 1. The van der Waals surface area contributed by atoms with Crippen molar-refractivity contribution >= 4 is 5.91 Å². The molecule has 2 N–H and O–H groups in total. The summed E-state index contributed by atoms with van der Waals surface area (Å²) in [6.07, 6.45) is 10.0. The van der Waals surface area contributed by atoms with Crippen LogP contribution in [-0.4, -0.2) is 55.9 Å². The van der Waals surface area contributed by atoms with Crippen molar-refractivity contribution in [1.82, 2.24) is 30.2 Å². The summed E-state index contributed by atoms with van der Waals surface area (Å²) in [5.41, 5.74) is 1.20. The highest BCUT2D eigenvalue weighted by Crippen LogP contribution is 2.35. The van der Waals surface area contributed by atoms with E-state index in [0.717, 1.165) is 44.5 Å².